The first kappa shape index (κ1) is 15.7. The Morgan fingerprint density at radius 2 is 2.10 bits per heavy atom. The van der Waals surface area contributed by atoms with Gasteiger partial charge < -0.3 is 15.8 Å². The van der Waals surface area contributed by atoms with E-state index in [-0.39, 0.29) is 0 Å². The van der Waals surface area contributed by atoms with Crippen molar-refractivity contribution in [1.82, 2.24) is 0 Å². The number of nitrogens with one attached hydrogen (secondary N) is 1. The summed E-state index contributed by atoms with van der Waals surface area (Å²) in [6, 6.07) is 10.7. The molecule has 0 atom stereocenters. The standard InChI is InChI=1S/C15H14BrClN2O2/c1-21-14-5-4-11(16)7-13(14)19-8-10-3-2-9(15(18)20)6-12(10)17/h2-7,19H,8H2,1H3,(H2,18,20). The first-order valence-corrected chi connectivity index (χ1v) is 7.34. The zero-order valence-corrected chi connectivity index (χ0v) is 13.7. The number of hydrogen-bond donors (Lipinski definition) is 2. The number of benzene rings is 2. The topological polar surface area (TPSA) is 64.3 Å². The summed E-state index contributed by atoms with van der Waals surface area (Å²) in [4.78, 5) is 11.1. The fourth-order valence-electron chi connectivity index (χ4n) is 1.85. The number of halogens is 2. The van der Waals surface area contributed by atoms with E-state index in [0.29, 0.717) is 17.1 Å². The number of anilines is 1. The van der Waals surface area contributed by atoms with Gasteiger partial charge in [0.2, 0.25) is 5.91 Å². The summed E-state index contributed by atoms with van der Waals surface area (Å²) in [5, 5.41) is 3.75. The Bertz CT molecular complexity index is 677. The third-order valence-corrected chi connectivity index (χ3v) is 3.81. The zero-order chi connectivity index (χ0) is 15.4. The Kier molecular flexibility index (Phi) is 5.09. The van der Waals surface area contributed by atoms with E-state index in [0.717, 1.165) is 21.5 Å². The van der Waals surface area contributed by atoms with Crippen molar-refractivity contribution in [2.24, 2.45) is 5.73 Å². The normalized spacial score (nSPS) is 10.2. The van der Waals surface area contributed by atoms with Crippen LogP contribution in [0.4, 0.5) is 5.69 Å². The van der Waals surface area contributed by atoms with Crippen molar-refractivity contribution in [3.05, 3.63) is 57.0 Å². The van der Waals surface area contributed by atoms with Crippen molar-refractivity contribution in [1.29, 1.82) is 0 Å². The molecule has 0 unspecified atom stereocenters. The third-order valence-electron chi connectivity index (χ3n) is 2.97. The second-order valence-corrected chi connectivity index (χ2v) is 5.69. The van der Waals surface area contributed by atoms with Crippen LogP contribution in [0.2, 0.25) is 5.02 Å². The average molecular weight is 370 g/mol. The predicted molar refractivity (Wildman–Crippen MR) is 88.0 cm³/mol. The fraction of sp³-hybridized carbons (Fsp3) is 0.133. The van der Waals surface area contributed by atoms with Crippen LogP contribution >= 0.6 is 27.5 Å². The molecule has 1 amide bonds. The van der Waals surface area contributed by atoms with Crippen molar-refractivity contribution in [3.8, 4) is 5.75 Å². The summed E-state index contributed by atoms with van der Waals surface area (Å²) in [6.45, 7) is 0.505. The summed E-state index contributed by atoms with van der Waals surface area (Å²) in [6.07, 6.45) is 0. The van der Waals surface area contributed by atoms with Crippen molar-refractivity contribution in [3.63, 3.8) is 0 Å². The summed E-state index contributed by atoms with van der Waals surface area (Å²) < 4.78 is 6.24. The van der Waals surface area contributed by atoms with Crippen LogP contribution in [0, 0.1) is 0 Å². The molecule has 0 aliphatic rings. The molecule has 0 radical (unpaired) electrons. The van der Waals surface area contributed by atoms with E-state index in [1.165, 1.54) is 0 Å². The molecule has 0 aliphatic heterocycles. The fourth-order valence-corrected chi connectivity index (χ4v) is 2.46. The minimum absolute atomic E-state index is 0.392. The summed E-state index contributed by atoms with van der Waals surface area (Å²) in [7, 11) is 1.61. The lowest BCUT2D eigenvalue weighted by Crippen LogP contribution is -2.11. The van der Waals surface area contributed by atoms with Gasteiger partial charge in [-0.3, -0.25) is 4.79 Å². The molecule has 0 aromatic heterocycles. The summed E-state index contributed by atoms with van der Waals surface area (Å²) in [5.41, 5.74) is 7.32. The lowest BCUT2D eigenvalue weighted by Gasteiger charge is -2.12. The highest BCUT2D eigenvalue weighted by atomic mass is 79.9. The van der Waals surface area contributed by atoms with Crippen LogP contribution in [0.25, 0.3) is 0 Å². The van der Waals surface area contributed by atoms with Gasteiger partial charge in [0, 0.05) is 21.6 Å². The van der Waals surface area contributed by atoms with Gasteiger partial charge in [-0.2, -0.15) is 0 Å². The zero-order valence-electron chi connectivity index (χ0n) is 11.3. The van der Waals surface area contributed by atoms with Gasteiger partial charge in [0.15, 0.2) is 0 Å². The maximum Gasteiger partial charge on any atom is 0.248 e. The molecule has 4 nitrogen and oxygen atoms in total. The molecule has 3 N–H and O–H groups in total. The lowest BCUT2D eigenvalue weighted by molar-refractivity contribution is 0.100. The monoisotopic (exact) mass is 368 g/mol. The molecule has 2 aromatic carbocycles. The summed E-state index contributed by atoms with van der Waals surface area (Å²) in [5.74, 6) is 0.244. The second kappa shape index (κ2) is 6.83. The molecule has 110 valence electrons. The molecule has 6 heteroatoms. The minimum Gasteiger partial charge on any atom is -0.495 e. The summed E-state index contributed by atoms with van der Waals surface area (Å²) >= 11 is 9.58. The van der Waals surface area contributed by atoms with Crippen LogP contribution in [0.1, 0.15) is 15.9 Å². The Balaban J connectivity index is 2.17. The number of ether oxygens (including phenoxy) is 1. The lowest BCUT2D eigenvalue weighted by atomic mass is 10.1. The molecular weight excluding hydrogens is 356 g/mol. The van der Waals surface area contributed by atoms with E-state index < -0.39 is 5.91 Å². The largest absolute Gasteiger partial charge is 0.495 e. The Labute approximate surface area is 136 Å². The molecule has 2 rings (SSSR count). The highest BCUT2D eigenvalue weighted by Crippen LogP contribution is 2.29. The molecule has 0 bridgehead atoms. The van der Waals surface area contributed by atoms with Crippen LogP contribution in [-0.4, -0.2) is 13.0 Å². The number of hydrogen-bond acceptors (Lipinski definition) is 3. The van der Waals surface area contributed by atoms with Crippen molar-refractivity contribution >= 4 is 39.1 Å². The minimum atomic E-state index is -0.495. The molecule has 0 saturated heterocycles. The second-order valence-electron chi connectivity index (χ2n) is 4.37. The van der Waals surface area contributed by atoms with Crippen molar-refractivity contribution in [2.75, 3.05) is 12.4 Å². The molecule has 0 fully saturated rings. The van der Waals surface area contributed by atoms with Gasteiger partial charge in [-0.05, 0) is 35.9 Å². The Morgan fingerprint density at radius 3 is 2.71 bits per heavy atom. The highest BCUT2D eigenvalue weighted by molar-refractivity contribution is 9.10. The van der Waals surface area contributed by atoms with Crippen LogP contribution in [0.3, 0.4) is 0 Å². The van der Waals surface area contributed by atoms with Gasteiger partial charge in [0.1, 0.15) is 5.75 Å². The Morgan fingerprint density at radius 1 is 1.33 bits per heavy atom. The van der Waals surface area contributed by atoms with Crippen LogP contribution < -0.4 is 15.8 Å². The van der Waals surface area contributed by atoms with Crippen LogP contribution in [-0.2, 0) is 6.54 Å². The molecule has 0 heterocycles. The van der Waals surface area contributed by atoms with E-state index >= 15 is 0 Å². The smallest absolute Gasteiger partial charge is 0.248 e. The molecular formula is C15H14BrClN2O2. The number of carbonyl (C=O) groups excluding carboxylic acids is 1. The number of carbonyl (C=O) groups is 1. The van der Waals surface area contributed by atoms with Crippen LogP contribution in [0.15, 0.2) is 40.9 Å². The van der Waals surface area contributed by atoms with E-state index in [1.54, 1.807) is 25.3 Å². The maximum absolute atomic E-state index is 11.1. The number of methoxy groups -OCH3 is 1. The van der Waals surface area contributed by atoms with E-state index in [2.05, 4.69) is 21.2 Å². The predicted octanol–water partition coefficient (Wildman–Crippen LogP) is 3.82. The van der Waals surface area contributed by atoms with Gasteiger partial charge in [0.05, 0.1) is 12.8 Å². The van der Waals surface area contributed by atoms with Gasteiger partial charge in [-0.1, -0.05) is 33.6 Å². The highest BCUT2D eigenvalue weighted by Gasteiger charge is 2.07. The Hall–Kier alpha value is -1.72. The third kappa shape index (κ3) is 3.89. The van der Waals surface area contributed by atoms with Gasteiger partial charge >= 0.3 is 0 Å². The SMILES string of the molecule is COc1ccc(Br)cc1NCc1ccc(C(N)=O)cc1Cl. The van der Waals surface area contributed by atoms with E-state index in [4.69, 9.17) is 22.1 Å². The van der Waals surface area contributed by atoms with Gasteiger partial charge in [-0.25, -0.2) is 0 Å². The number of primary amides is 1. The van der Waals surface area contributed by atoms with Crippen molar-refractivity contribution in [2.45, 2.75) is 6.54 Å². The van der Waals surface area contributed by atoms with Crippen molar-refractivity contribution < 1.29 is 9.53 Å². The van der Waals surface area contributed by atoms with Crippen LogP contribution in [0.5, 0.6) is 5.75 Å². The molecule has 0 aliphatic carbocycles. The quantitative estimate of drug-likeness (QED) is 0.842. The number of nitrogens with two attached hydrogens (primary N) is 1. The molecule has 0 spiro atoms. The van der Waals surface area contributed by atoms with E-state index in [1.807, 2.05) is 18.2 Å². The molecule has 21 heavy (non-hydrogen) atoms. The molecule has 2 aromatic rings. The van der Waals surface area contributed by atoms with E-state index in [9.17, 15) is 4.79 Å². The van der Waals surface area contributed by atoms with Gasteiger partial charge in [0.25, 0.3) is 0 Å². The number of amides is 1. The van der Waals surface area contributed by atoms with Gasteiger partial charge in [-0.15, -0.1) is 0 Å². The first-order chi connectivity index (χ1) is 10.0. The maximum atomic E-state index is 11.1. The molecule has 0 saturated carbocycles. The number of rotatable bonds is 5. The average Bonchev–Trinajstić information content (AvgIpc) is 2.46. The first-order valence-electron chi connectivity index (χ1n) is 6.17.